The highest BCUT2D eigenvalue weighted by molar-refractivity contribution is 5.55. The molecule has 1 aromatic rings. The number of nitrogens with zero attached hydrogens (tertiary/aromatic N) is 3. The van der Waals surface area contributed by atoms with Crippen molar-refractivity contribution in [3.05, 3.63) is 11.9 Å². The van der Waals surface area contributed by atoms with E-state index in [0.717, 1.165) is 24.5 Å². The molecule has 0 aliphatic heterocycles. The van der Waals surface area contributed by atoms with Gasteiger partial charge in [-0.3, -0.25) is 0 Å². The molecule has 0 saturated carbocycles. The summed E-state index contributed by atoms with van der Waals surface area (Å²) in [6.07, 6.45) is 1.50. The molecule has 1 rings (SSSR count). The van der Waals surface area contributed by atoms with Gasteiger partial charge >= 0.3 is 0 Å². The van der Waals surface area contributed by atoms with Crippen molar-refractivity contribution in [1.82, 2.24) is 14.9 Å². The fraction of sp³-hybridized carbons (Fsp3) is 0.636. The number of nitrogens with one attached hydrogen (secondary N) is 2. The lowest BCUT2D eigenvalue weighted by Gasteiger charge is -2.21. The van der Waals surface area contributed by atoms with Gasteiger partial charge in [-0.05, 0) is 27.8 Å². The minimum absolute atomic E-state index is 0.546. The van der Waals surface area contributed by atoms with Crippen LogP contribution in [-0.2, 0) is 0 Å². The molecule has 0 unspecified atom stereocenters. The highest BCUT2D eigenvalue weighted by Crippen LogP contribution is 2.16. The Morgan fingerprint density at radius 2 is 2.00 bits per heavy atom. The number of hydrogen-bond donors (Lipinski definition) is 3. The second-order valence-corrected chi connectivity index (χ2v) is 4.34. The van der Waals surface area contributed by atoms with Gasteiger partial charge in [-0.2, -0.15) is 0 Å². The van der Waals surface area contributed by atoms with Crippen molar-refractivity contribution < 1.29 is 0 Å². The molecule has 0 aliphatic carbocycles. The highest BCUT2D eigenvalue weighted by atomic mass is 15.3. The fourth-order valence-electron chi connectivity index (χ4n) is 1.38. The Labute approximate surface area is 103 Å². The van der Waals surface area contributed by atoms with E-state index in [1.807, 2.05) is 6.92 Å². The Balaban J connectivity index is 2.52. The molecular weight excluding hydrogens is 216 g/mol. The standard InChI is InChI=1S/C11H22N6/c1-8(2)17(4)6-5-13-10-9(3)11(16-12)15-7-14-10/h7-8H,5-6,12H2,1-4H3,(H2,13,14,15,16). The Bertz CT molecular complexity index is 352. The molecule has 6 heteroatoms. The lowest BCUT2D eigenvalue weighted by Crippen LogP contribution is -2.31. The van der Waals surface area contributed by atoms with E-state index in [1.54, 1.807) is 0 Å². The molecule has 0 radical (unpaired) electrons. The Kier molecular flexibility index (Phi) is 5.11. The van der Waals surface area contributed by atoms with Crippen LogP contribution in [0.1, 0.15) is 19.4 Å². The van der Waals surface area contributed by atoms with E-state index in [4.69, 9.17) is 5.84 Å². The zero-order valence-corrected chi connectivity index (χ0v) is 11.0. The zero-order chi connectivity index (χ0) is 12.8. The maximum absolute atomic E-state index is 5.36. The second kappa shape index (κ2) is 6.36. The molecule has 0 spiro atoms. The van der Waals surface area contributed by atoms with E-state index in [9.17, 15) is 0 Å². The van der Waals surface area contributed by atoms with Crippen LogP contribution in [0.5, 0.6) is 0 Å². The topological polar surface area (TPSA) is 79.1 Å². The normalized spacial score (nSPS) is 11.0. The summed E-state index contributed by atoms with van der Waals surface area (Å²) in [6.45, 7) is 8.09. The first-order valence-corrected chi connectivity index (χ1v) is 5.78. The first kappa shape index (κ1) is 13.7. The third kappa shape index (κ3) is 3.83. The van der Waals surface area contributed by atoms with Gasteiger partial charge in [-0.15, -0.1) is 0 Å². The van der Waals surface area contributed by atoms with Gasteiger partial charge in [0.1, 0.15) is 18.0 Å². The van der Waals surface area contributed by atoms with Crippen molar-refractivity contribution in [3.8, 4) is 0 Å². The number of nitrogens with two attached hydrogens (primary N) is 1. The largest absolute Gasteiger partial charge is 0.368 e. The van der Waals surface area contributed by atoms with Crippen LogP contribution < -0.4 is 16.6 Å². The molecule has 0 bridgehead atoms. The molecule has 0 amide bonds. The zero-order valence-electron chi connectivity index (χ0n) is 11.0. The molecule has 0 fully saturated rings. The monoisotopic (exact) mass is 238 g/mol. The minimum Gasteiger partial charge on any atom is -0.368 e. The molecule has 0 aromatic carbocycles. The Morgan fingerprint density at radius 1 is 1.35 bits per heavy atom. The van der Waals surface area contributed by atoms with Crippen LogP contribution in [0.25, 0.3) is 0 Å². The Morgan fingerprint density at radius 3 is 2.59 bits per heavy atom. The molecule has 6 nitrogen and oxygen atoms in total. The fourth-order valence-corrected chi connectivity index (χ4v) is 1.38. The molecule has 0 saturated heterocycles. The summed E-state index contributed by atoms with van der Waals surface area (Å²) in [5, 5.41) is 3.29. The maximum Gasteiger partial charge on any atom is 0.148 e. The van der Waals surface area contributed by atoms with Crippen LogP contribution in [-0.4, -0.2) is 41.0 Å². The lowest BCUT2D eigenvalue weighted by atomic mass is 10.3. The van der Waals surface area contributed by atoms with Crippen molar-refractivity contribution >= 4 is 11.6 Å². The lowest BCUT2D eigenvalue weighted by molar-refractivity contribution is 0.284. The summed E-state index contributed by atoms with van der Waals surface area (Å²) in [5.41, 5.74) is 3.48. The van der Waals surface area contributed by atoms with E-state index in [-0.39, 0.29) is 0 Å². The maximum atomic E-state index is 5.36. The van der Waals surface area contributed by atoms with Gasteiger partial charge in [0.15, 0.2) is 0 Å². The molecule has 0 atom stereocenters. The average Bonchev–Trinajstić information content (AvgIpc) is 2.31. The van der Waals surface area contributed by atoms with Crippen molar-refractivity contribution in [2.24, 2.45) is 5.84 Å². The molecule has 17 heavy (non-hydrogen) atoms. The highest BCUT2D eigenvalue weighted by Gasteiger charge is 2.06. The second-order valence-electron chi connectivity index (χ2n) is 4.34. The van der Waals surface area contributed by atoms with E-state index >= 15 is 0 Å². The molecule has 1 heterocycles. The predicted molar refractivity (Wildman–Crippen MR) is 70.8 cm³/mol. The number of anilines is 2. The van der Waals surface area contributed by atoms with E-state index in [2.05, 4.69) is 46.5 Å². The Hall–Kier alpha value is -1.40. The molecular formula is C11H22N6. The number of rotatable bonds is 6. The molecule has 96 valence electrons. The summed E-state index contributed by atoms with van der Waals surface area (Å²) in [6, 6.07) is 0.546. The number of nitrogen functional groups attached to an aromatic ring is 1. The average molecular weight is 238 g/mol. The van der Waals surface area contributed by atoms with Gasteiger partial charge in [0.2, 0.25) is 0 Å². The van der Waals surface area contributed by atoms with E-state index in [1.165, 1.54) is 6.33 Å². The summed E-state index contributed by atoms with van der Waals surface area (Å²) in [7, 11) is 2.10. The van der Waals surface area contributed by atoms with Crippen LogP contribution >= 0.6 is 0 Å². The van der Waals surface area contributed by atoms with Crippen molar-refractivity contribution in [2.75, 3.05) is 30.9 Å². The smallest absolute Gasteiger partial charge is 0.148 e. The van der Waals surface area contributed by atoms with Gasteiger partial charge in [0.25, 0.3) is 0 Å². The number of hydrogen-bond acceptors (Lipinski definition) is 6. The first-order chi connectivity index (χ1) is 8.06. The minimum atomic E-state index is 0.546. The van der Waals surface area contributed by atoms with Crippen molar-refractivity contribution in [2.45, 2.75) is 26.8 Å². The van der Waals surface area contributed by atoms with Crippen LogP contribution in [0.3, 0.4) is 0 Å². The summed E-state index contributed by atoms with van der Waals surface area (Å²) in [5.74, 6) is 6.84. The summed E-state index contributed by atoms with van der Waals surface area (Å²) < 4.78 is 0. The number of hydrazine groups is 1. The first-order valence-electron chi connectivity index (χ1n) is 5.78. The van der Waals surface area contributed by atoms with Crippen molar-refractivity contribution in [3.63, 3.8) is 0 Å². The van der Waals surface area contributed by atoms with Gasteiger partial charge < -0.3 is 15.6 Å². The summed E-state index contributed by atoms with van der Waals surface area (Å²) >= 11 is 0. The van der Waals surface area contributed by atoms with E-state index < -0.39 is 0 Å². The third-order valence-corrected chi connectivity index (χ3v) is 2.86. The molecule has 4 N–H and O–H groups in total. The van der Waals surface area contributed by atoms with Gasteiger partial charge in [-0.25, -0.2) is 15.8 Å². The third-order valence-electron chi connectivity index (χ3n) is 2.86. The van der Waals surface area contributed by atoms with Gasteiger partial charge in [-0.1, -0.05) is 0 Å². The molecule has 0 aliphatic rings. The van der Waals surface area contributed by atoms with Crippen LogP contribution in [0.2, 0.25) is 0 Å². The van der Waals surface area contributed by atoms with Crippen molar-refractivity contribution in [1.29, 1.82) is 0 Å². The predicted octanol–water partition coefficient (Wildman–Crippen LogP) is 0.823. The molecule has 1 aromatic heterocycles. The van der Waals surface area contributed by atoms with Crippen LogP contribution in [0.4, 0.5) is 11.6 Å². The van der Waals surface area contributed by atoms with Gasteiger partial charge in [0, 0.05) is 24.7 Å². The number of likely N-dealkylation sites (N-methyl/N-ethyl adjacent to an activating group) is 1. The quantitative estimate of drug-likeness (QED) is 0.503. The van der Waals surface area contributed by atoms with Crippen LogP contribution in [0, 0.1) is 6.92 Å². The summed E-state index contributed by atoms with van der Waals surface area (Å²) in [4.78, 5) is 10.5. The van der Waals surface area contributed by atoms with Crippen LogP contribution in [0.15, 0.2) is 6.33 Å². The van der Waals surface area contributed by atoms with Gasteiger partial charge in [0.05, 0.1) is 0 Å². The van der Waals surface area contributed by atoms with E-state index in [0.29, 0.717) is 11.9 Å². The SMILES string of the molecule is Cc1c(NN)ncnc1NCCN(C)C(C)C. The number of aromatic nitrogens is 2.